The second kappa shape index (κ2) is 33.2. The molecule has 0 aromatic carbocycles. The van der Waals surface area contributed by atoms with Crippen LogP contribution in [0.4, 0.5) is 0 Å². The Kier molecular flexibility index (Phi) is 32.4. The van der Waals surface area contributed by atoms with Crippen molar-refractivity contribution in [2.75, 3.05) is 0 Å². The lowest BCUT2D eigenvalue weighted by Gasteiger charge is -2.03. The number of Topliss-reactive ketones (excluding diaryl/α,β-unsaturated/α-hetero) is 1. The molecular weight excluding hydrogens is 448 g/mol. The molecule has 0 unspecified atom stereocenters. The summed E-state index contributed by atoms with van der Waals surface area (Å²) >= 11 is 0. The van der Waals surface area contributed by atoms with Crippen molar-refractivity contribution in [3.8, 4) is 0 Å². The summed E-state index contributed by atoms with van der Waals surface area (Å²) in [4.78, 5) is 10.9. The molecule has 0 atom stereocenters. The summed E-state index contributed by atoms with van der Waals surface area (Å²) in [6, 6.07) is 0. The van der Waals surface area contributed by atoms with E-state index in [0.717, 1.165) is 19.3 Å². The Morgan fingerprint density at radius 3 is 0.892 bits per heavy atom. The molecule has 0 rings (SSSR count). The van der Waals surface area contributed by atoms with Crippen LogP contribution < -0.4 is 0 Å². The Hall–Kier alpha value is -0.850. The number of allylic oxidation sites excluding steroid dienone is 4. The quantitative estimate of drug-likeness (QED) is 0.0661. The lowest BCUT2D eigenvalue weighted by atomic mass is 10.0. The van der Waals surface area contributed by atoms with E-state index in [0.29, 0.717) is 5.78 Å². The number of hydrogen-bond donors (Lipinski definition) is 0. The maximum absolute atomic E-state index is 10.9. The second-order valence-corrected chi connectivity index (χ2v) is 11.7. The molecule has 0 radical (unpaired) electrons. The van der Waals surface area contributed by atoms with Crippen molar-refractivity contribution in [2.24, 2.45) is 0 Å². The summed E-state index contributed by atoms with van der Waals surface area (Å²) in [5, 5.41) is 0. The molecule has 0 aromatic heterocycles. The van der Waals surface area contributed by atoms with Gasteiger partial charge in [0.2, 0.25) is 0 Å². The van der Waals surface area contributed by atoms with Crippen LogP contribution in [0.2, 0.25) is 0 Å². The van der Waals surface area contributed by atoms with E-state index in [1.165, 1.54) is 167 Å². The molecule has 0 bridgehead atoms. The van der Waals surface area contributed by atoms with Gasteiger partial charge in [0.25, 0.3) is 0 Å². The van der Waals surface area contributed by atoms with Crippen LogP contribution in [-0.4, -0.2) is 5.78 Å². The smallest absolute Gasteiger partial charge is 0.129 e. The van der Waals surface area contributed by atoms with Crippen LogP contribution in [0.5, 0.6) is 0 Å². The standard InChI is InChI=1S/C36H68O/c1-3-4-5-6-7-8-9-10-11-12-13-14-15-16-17-18-19-20-21-22-23-24-25-26-27-28-29-30-31-32-33-34-35-36(2)37/h10-11,31-32H,3-9,12-30,33-35H2,1-2H3. The predicted molar refractivity (Wildman–Crippen MR) is 169 cm³/mol. The molecule has 1 heteroatoms. The van der Waals surface area contributed by atoms with E-state index in [-0.39, 0.29) is 0 Å². The number of carbonyl (C=O) groups is 1. The second-order valence-electron chi connectivity index (χ2n) is 11.7. The normalized spacial score (nSPS) is 11.8. The average Bonchev–Trinajstić information content (AvgIpc) is 2.89. The van der Waals surface area contributed by atoms with Crippen molar-refractivity contribution in [2.45, 2.75) is 200 Å². The largest absolute Gasteiger partial charge is 0.300 e. The third-order valence-corrected chi connectivity index (χ3v) is 7.70. The molecule has 0 aliphatic carbocycles. The Bertz CT molecular complexity index is 489. The maximum atomic E-state index is 10.9. The molecule has 218 valence electrons. The van der Waals surface area contributed by atoms with Crippen LogP contribution in [0, 0.1) is 0 Å². The van der Waals surface area contributed by atoms with Crippen molar-refractivity contribution >= 4 is 5.78 Å². The molecule has 0 saturated heterocycles. The molecule has 0 aliphatic rings. The van der Waals surface area contributed by atoms with Gasteiger partial charge in [0.05, 0.1) is 0 Å². The molecule has 0 saturated carbocycles. The van der Waals surface area contributed by atoms with Gasteiger partial charge in [-0.3, -0.25) is 0 Å². The molecular formula is C36H68O. The van der Waals surface area contributed by atoms with Gasteiger partial charge < -0.3 is 4.79 Å². The van der Waals surface area contributed by atoms with Gasteiger partial charge in [-0.2, -0.15) is 0 Å². The van der Waals surface area contributed by atoms with Gasteiger partial charge in [0.15, 0.2) is 0 Å². The fourth-order valence-corrected chi connectivity index (χ4v) is 5.16. The highest BCUT2D eigenvalue weighted by molar-refractivity contribution is 5.75. The summed E-state index contributed by atoms with van der Waals surface area (Å²) in [5.41, 5.74) is 0. The van der Waals surface area contributed by atoms with Gasteiger partial charge in [0, 0.05) is 6.42 Å². The summed E-state index contributed by atoms with van der Waals surface area (Å²) < 4.78 is 0. The van der Waals surface area contributed by atoms with Crippen LogP contribution in [0.3, 0.4) is 0 Å². The molecule has 0 spiro atoms. The molecule has 0 aromatic rings. The van der Waals surface area contributed by atoms with Crippen LogP contribution >= 0.6 is 0 Å². The highest BCUT2D eigenvalue weighted by Crippen LogP contribution is 2.15. The first-order chi connectivity index (χ1) is 18.3. The fraction of sp³-hybridized carbons (Fsp3) is 0.861. The van der Waals surface area contributed by atoms with E-state index < -0.39 is 0 Å². The van der Waals surface area contributed by atoms with Crippen molar-refractivity contribution in [3.05, 3.63) is 24.3 Å². The first-order valence-corrected chi connectivity index (χ1v) is 17.1. The van der Waals surface area contributed by atoms with Crippen molar-refractivity contribution in [1.82, 2.24) is 0 Å². The van der Waals surface area contributed by atoms with Crippen molar-refractivity contribution in [3.63, 3.8) is 0 Å². The van der Waals surface area contributed by atoms with E-state index in [1.807, 2.05) is 0 Å². The summed E-state index contributed by atoms with van der Waals surface area (Å²) in [6.45, 7) is 3.98. The third kappa shape index (κ3) is 35.1. The summed E-state index contributed by atoms with van der Waals surface area (Å²) in [7, 11) is 0. The molecule has 1 nitrogen and oxygen atoms in total. The van der Waals surface area contributed by atoms with Crippen LogP contribution in [0.1, 0.15) is 200 Å². The first-order valence-electron chi connectivity index (χ1n) is 17.1. The van der Waals surface area contributed by atoms with Gasteiger partial charge in [-0.25, -0.2) is 0 Å². The SMILES string of the molecule is CCCCCCCCC=CCCCCCCCCCCCCCCCCCCCC=CCCCC(C)=O. The zero-order chi connectivity index (χ0) is 26.9. The van der Waals surface area contributed by atoms with E-state index in [1.54, 1.807) is 6.92 Å². The number of hydrogen-bond acceptors (Lipinski definition) is 1. The molecule has 0 amide bonds. The zero-order valence-electron chi connectivity index (χ0n) is 25.7. The van der Waals surface area contributed by atoms with E-state index in [9.17, 15) is 4.79 Å². The Balaban J connectivity index is 3.10. The molecule has 0 fully saturated rings. The topological polar surface area (TPSA) is 17.1 Å². The van der Waals surface area contributed by atoms with Crippen LogP contribution in [-0.2, 0) is 4.79 Å². The van der Waals surface area contributed by atoms with Gasteiger partial charge in [0.1, 0.15) is 5.78 Å². The van der Waals surface area contributed by atoms with E-state index >= 15 is 0 Å². The summed E-state index contributed by atoms with van der Waals surface area (Å²) in [5.74, 6) is 0.317. The number of ketones is 1. The Morgan fingerprint density at radius 1 is 0.378 bits per heavy atom. The van der Waals surface area contributed by atoms with Gasteiger partial charge in [-0.15, -0.1) is 0 Å². The van der Waals surface area contributed by atoms with Crippen LogP contribution in [0.15, 0.2) is 24.3 Å². The monoisotopic (exact) mass is 517 g/mol. The minimum absolute atomic E-state index is 0.317. The predicted octanol–water partition coefficient (Wildman–Crippen LogP) is 13.0. The van der Waals surface area contributed by atoms with Gasteiger partial charge in [-0.1, -0.05) is 160 Å². The molecule has 0 N–H and O–H groups in total. The molecule has 0 aliphatic heterocycles. The average molecular weight is 517 g/mol. The molecule has 37 heavy (non-hydrogen) atoms. The fourth-order valence-electron chi connectivity index (χ4n) is 5.16. The Morgan fingerprint density at radius 2 is 0.622 bits per heavy atom. The highest BCUT2D eigenvalue weighted by Gasteiger charge is 1.95. The number of rotatable bonds is 31. The van der Waals surface area contributed by atoms with Crippen molar-refractivity contribution in [1.29, 1.82) is 0 Å². The van der Waals surface area contributed by atoms with Gasteiger partial charge >= 0.3 is 0 Å². The zero-order valence-corrected chi connectivity index (χ0v) is 25.7. The minimum Gasteiger partial charge on any atom is -0.300 e. The molecule has 0 heterocycles. The lowest BCUT2D eigenvalue weighted by Crippen LogP contribution is -1.87. The minimum atomic E-state index is 0.317. The Labute approximate surface area is 234 Å². The highest BCUT2D eigenvalue weighted by atomic mass is 16.1. The third-order valence-electron chi connectivity index (χ3n) is 7.70. The lowest BCUT2D eigenvalue weighted by molar-refractivity contribution is -0.117. The van der Waals surface area contributed by atoms with Crippen molar-refractivity contribution < 1.29 is 4.79 Å². The summed E-state index contributed by atoms with van der Waals surface area (Å²) in [6.07, 6.45) is 49.0. The van der Waals surface area contributed by atoms with E-state index in [4.69, 9.17) is 0 Å². The van der Waals surface area contributed by atoms with Crippen LogP contribution in [0.25, 0.3) is 0 Å². The maximum Gasteiger partial charge on any atom is 0.129 e. The van der Waals surface area contributed by atoms with Gasteiger partial charge in [-0.05, 0) is 58.3 Å². The number of carbonyl (C=O) groups excluding carboxylic acids is 1. The number of unbranched alkanes of at least 4 members (excludes halogenated alkanes) is 25. The first kappa shape index (κ1) is 36.1. The van der Waals surface area contributed by atoms with E-state index in [2.05, 4.69) is 31.2 Å².